The Labute approximate surface area is 107 Å². The Hall–Kier alpha value is -0.980. The molecule has 6 heteroatoms. The smallest absolute Gasteiger partial charge is 0.243 e. The summed E-state index contributed by atoms with van der Waals surface area (Å²) in [6.07, 6.45) is 1.75. The molecule has 2 N–H and O–H groups in total. The number of hydrogen-bond donors (Lipinski definition) is 1. The van der Waals surface area contributed by atoms with Gasteiger partial charge in [0.25, 0.3) is 0 Å². The van der Waals surface area contributed by atoms with E-state index >= 15 is 0 Å². The molecule has 0 unspecified atom stereocenters. The van der Waals surface area contributed by atoms with E-state index in [-0.39, 0.29) is 17.5 Å². The average molecular weight is 272 g/mol. The first-order chi connectivity index (χ1) is 8.46. The van der Waals surface area contributed by atoms with Gasteiger partial charge in [0, 0.05) is 19.1 Å². The molecule has 0 bridgehead atoms. The highest BCUT2D eigenvalue weighted by Gasteiger charge is 2.38. The third kappa shape index (κ3) is 2.55. The standard InChI is InChI=1S/C12H17FN2O2S/c1-9-8-10(13)2-5-12(9)18(16,17)15(7-6-14)11-3-4-11/h2,5,8,11H,3-4,6-7,14H2,1H3. The largest absolute Gasteiger partial charge is 0.329 e. The van der Waals surface area contributed by atoms with E-state index < -0.39 is 15.8 Å². The summed E-state index contributed by atoms with van der Waals surface area (Å²) >= 11 is 0. The topological polar surface area (TPSA) is 63.4 Å². The van der Waals surface area contributed by atoms with Crippen molar-refractivity contribution in [2.45, 2.75) is 30.7 Å². The van der Waals surface area contributed by atoms with Gasteiger partial charge in [-0.3, -0.25) is 0 Å². The maximum atomic E-state index is 13.0. The maximum absolute atomic E-state index is 13.0. The lowest BCUT2D eigenvalue weighted by Crippen LogP contribution is -2.37. The van der Waals surface area contributed by atoms with E-state index in [0.29, 0.717) is 12.1 Å². The van der Waals surface area contributed by atoms with Crippen molar-refractivity contribution in [3.05, 3.63) is 29.6 Å². The van der Waals surface area contributed by atoms with Crippen LogP contribution in [0.2, 0.25) is 0 Å². The average Bonchev–Trinajstić information content (AvgIpc) is 3.08. The van der Waals surface area contributed by atoms with Gasteiger partial charge >= 0.3 is 0 Å². The molecule has 100 valence electrons. The Morgan fingerprint density at radius 3 is 2.61 bits per heavy atom. The summed E-state index contributed by atoms with van der Waals surface area (Å²) in [6, 6.07) is 3.79. The summed E-state index contributed by atoms with van der Waals surface area (Å²) in [5.41, 5.74) is 5.89. The van der Waals surface area contributed by atoms with Crippen LogP contribution in [0, 0.1) is 12.7 Å². The third-order valence-corrected chi connectivity index (χ3v) is 5.14. The second kappa shape index (κ2) is 4.95. The van der Waals surface area contributed by atoms with Crippen LogP contribution < -0.4 is 5.73 Å². The molecule has 0 radical (unpaired) electrons. The van der Waals surface area contributed by atoms with E-state index in [9.17, 15) is 12.8 Å². The van der Waals surface area contributed by atoms with Crippen LogP contribution in [0.1, 0.15) is 18.4 Å². The van der Waals surface area contributed by atoms with Crippen molar-refractivity contribution >= 4 is 10.0 Å². The molecule has 18 heavy (non-hydrogen) atoms. The summed E-state index contributed by atoms with van der Waals surface area (Å²) < 4.78 is 39.4. The normalized spacial score (nSPS) is 16.2. The van der Waals surface area contributed by atoms with E-state index in [0.717, 1.165) is 12.8 Å². The summed E-state index contributed by atoms with van der Waals surface area (Å²) in [7, 11) is -3.56. The monoisotopic (exact) mass is 272 g/mol. The molecule has 0 saturated heterocycles. The summed E-state index contributed by atoms with van der Waals surface area (Å²) in [4.78, 5) is 0.171. The molecule has 0 amide bonds. The number of halogens is 1. The van der Waals surface area contributed by atoms with Crippen LogP contribution in [0.15, 0.2) is 23.1 Å². The van der Waals surface area contributed by atoms with Crippen LogP contribution in [-0.4, -0.2) is 31.9 Å². The van der Waals surface area contributed by atoms with Gasteiger partial charge in [-0.1, -0.05) is 0 Å². The fourth-order valence-electron chi connectivity index (χ4n) is 2.02. The first kappa shape index (κ1) is 13.5. The molecule has 4 nitrogen and oxygen atoms in total. The first-order valence-corrected chi connectivity index (χ1v) is 7.39. The second-order valence-electron chi connectivity index (χ2n) is 4.55. The van der Waals surface area contributed by atoms with Gasteiger partial charge in [0.05, 0.1) is 4.90 Å². The number of benzene rings is 1. The van der Waals surface area contributed by atoms with Gasteiger partial charge in [0.2, 0.25) is 10.0 Å². The summed E-state index contributed by atoms with van der Waals surface area (Å²) in [5.74, 6) is -0.428. The molecule has 0 spiro atoms. The predicted molar refractivity (Wildman–Crippen MR) is 67.1 cm³/mol. The third-order valence-electron chi connectivity index (χ3n) is 3.03. The zero-order valence-electron chi connectivity index (χ0n) is 10.3. The van der Waals surface area contributed by atoms with Gasteiger partial charge in [0.15, 0.2) is 0 Å². The first-order valence-electron chi connectivity index (χ1n) is 5.95. The van der Waals surface area contributed by atoms with E-state index in [1.54, 1.807) is 6.92 Å². The highest BCUT2D eigenvalue weighted by molar-refractivity contribution is 7.89. The van der Waals surface area contributed by atoms with Gasteiger partial charge < -0.3 is 5.73 Å². The number of aryl methyl sites for hydroxylation is 1. The number of hydrogen-bond acceptors (Lipinski definition) is 3. The lowest BCUT2D eigenvalue weighted by atomic mass is 10.2. The van der Waals surface area contributed by atoms with Gasteiger partial charge in [-0.15, -0.1) is 0 Å². The Kier molecular flexibility index (Phi) is 3.70. The minimum Gasteiger partial charge on any atom is -0.329 e. The number of nitrogens with zero attached hydrogens (tertiary/aromatic N) is 1. The van der Waals surface area contributed by atoms with Crippen LogP contribution in [0.25, 0.3) is 0 Å². The molecular weight excluding hydrogens is 255 g/mol. The lowest BCUT2D eigenvalue weighted by Gasteiger charge is -2.22. The minimum atomic E-state index is -3.56. The highest BCUT2D eigenvalue weighted by atomic mass is 32.2. The predicted octanol–water partition coefficient (Wildman–Crippen LogP) is 1.25. The highest BCUT2D eigenvalue weighted by Crippen LogP contribution is 2.32. The Morgan fingerprint density at radius 2 is 2.11 bits per heavy atom. The molecule has 1 aromatic rings. The Bertz CT molecular complexity index is 541. The van der Waals surface area contributed by atoms with E-state index in [4.69, 9.17) is 5.73 Å². The molecule has 1 saturated carbocycles. The summed E-state index contributed by atoms with van der Waals surface area (Å²) in [6.45, 7) is 2.20. The Morgan fingerprint density at radius 1 is 1.44 bits per heavy atom. The Balaban J connectivity index is 2.39. The van der Waals surface area contributed by atoms with Crippen molar-refractivity contribution in [1.29, 1.82) is 0 Å². The fraction of sp³-hybridized carbons (Fsp3) is 0.500. The molecule has 2 rings (SSSR count). The fourth-order valence-corrected chi connectivity index (χ4v) is 3.92. The van der Waals surface area contributed by atoms with Crippen molar-refractivity contribution in [2.24, 2.45) is 5.73 Å². The van der Waals surface area contributed by atoms with Gasteiger partial charge in [-0.05, 0) is 43.5 Å². The molecule has 0 aromatic heterocycles. The molecule has 0 heterocycles. The van der Waals surface area contributed by atoms with Crippen molar-refractivity contribution < 1.29 is 12.8 Å². The number of sulfonamides is 1. The number of rotatable bonds is 5. The molecule has 1 aromatic carbocycles. The summed E-state index contributed by atoms with van der Waals surface area (Å²) in [5, 5.41) is 0. The molecule has 0 aliphatic heterocycles. The van der Waals surface area contributed by atoms with Crippen LogP contribution in [0.3, 0.4) is 0 Å². The van der Waals surface area contributed by atoms with Crippen LogP contribution >= 0.6 is 0 Å². The second-order valence-corrected chi connectivity index (χ2v) is 6.40. The van der Waals surface area contributed by atoms with Crippen molar-refractivity contribution in [2.75, 3.05) is 13.1 Å². The maximum Gasteiger partial charge on any atom is 0.243 e. The van der Waals surface area contributed by atoms with E-state index in [1.165, 1.54) is 22.5 Å². The molecule has 1 fully saturated rings. The lowest BCUT2D eigenvalue weighted by molar-refractivity contribution is 0.411. The molecule has 1 aliphatic carbocycles. The van der Waals surface area contributed by atoms with E-state index in [1.807, 2.05) is 0 Å². The molecule has 0 atom stereocenters. The van der Waals surface area contributed by atoms with Crippen molar-refractivity contribution in [3.8, 4) is 0 Å². The van der Waals surface area contributed by atoms with Crippen molar-refractivity contribution in [1.82, 2.24) is 4.31 Å². The zero-order chi connectivity index (χ0) is 13.3. The van der Waals surface area contributed by atoms with Crippen molar-refractivity contribution in [3.63, 3.8) is 0 Å². The van der Waals surface area contributed by atoms with Gasteiger partial charge in [0.1, 0.15) is 5.82 Å². The van der Waals surface area contributed by atoms with Gasteiger partial charge in [-0.25, -0.2) is 12.8 Å². The quantitative estimate of drug-likeness (QED) is 0.877. The van der Waals surface area contributed by atoms with Crippen LogP contribution in [-0.2, 0) is 10.0 Å². The molecular formula is C12H17FN2O2S. The van der Waals surface area contributed by atoms with E-state index in [2.05, 4.69) is 0 Å². The van der Waals surface area contributed by atoms with Gasteiger partial charge in [-0.2, -0.15) is 4.31 Å². The van der Waals surface area contributed by atoms with Crippen LogP contribution in [0.4, 0.5) is 4.39 Å². The number of nitrogens with two attached hydrogens (primary N) is 1. The SMILES string of the molecule is Cc1cc(F)ccc1S(=O)(=O)N(CCN)C1CC1. The van der Waals surface area contributed by atoms with Crippen LogP contribution in [0.5, 0.6) is 0 Å². The molecule has 1 aliphatic rings. The zero-order valence-corrected chi connectivity index (χ0v) is 11.1. The minimum absolute atomic E-state index is 0.0583.